The Balaban J connectivity index is 1.52. The molecule has 0 saturated carbocycles. The molecule has 0 saturated heterocycles. The van der Waals surface area contributed by atoms with Crippen LogP contribution in [0.1, 0.15) is 23.4 Å². The molecule has 182 valence electrons. The molecule has 1 heterocycles. The summed E-state index contributed by atoms with van der Waals surface area (Å²) in [5.74, 6) is 1.51. The fourth-order valence-electron chi connectivity index (χ4n) is 3.30. The van der Waals surface area contributed by atoms with Gasteiger partial charge in [-0.1, -0.05) is 41.4 Å². The van der Waals surface area contributed by atoms with Gasteiger partial charge in [0.15, 0.2) is 0 Å². The molecular weight excluding hydrogens is 495 g/mol. The van der Waals surface area contributed by atoms with Crippen molar-refractivity contribution in [1.82, 2.24) is 14.7 Å². The summed E-state index contributed by atoms with van der Waals surface area (Å²) >= 11 is 13.5. The van der Waals surface area contributed by atoms with Gasteiger partial charge in [-0.3, -0.25) is 4.79 Å². The van der Waals surface area contributed by atoms with Crippen molar-refractivity contribution in [2.75, 3.05) is 45.4 Å². The maximum absolute atomic E-state index is 12.4. The molecule has 1 aromatic heterocycles. The Labute approximate surface area is 214 Å². The average Bonchev–Trinajstić information content (AvgIpc) is 3.29. The predicted octanol–water partition coefficient (Wildman–Crippen LogP) is 4.65. The monoisotopic (exact) mass is 522 g/mol. The summed E-state index contributed by atoms with van der Waals surface area (Å²) in [6.07, 6.45) is 1.58. The van der Waals surface area contributed by atoms with E-state index in [1.54, 1.807) is 26.4 Å². The van der Waals surface area contributed by atoms with Crippen molar-refractivity contribution in [2.45, 2.75) is 19.3 Å². The van der Waals surface area contributed by atoms with Crippen LogP contribution in [0.5, 0.6) is 5.75 Å². The van der Waals surface area contributed by atoms with Gasteiger partial charge in [-0.25, -0.2) is 4.98 Å². The first kappa shape index (κ1) is 26.2. The lowest BCUT2D eigenvalue weighted by atomic mass is 10.1. The van der Waals surface area contributed by atoms with Gasteiger partial charge >= 0.3 is 0 Å². The van der Waals surface area contributed by atoms with E-state index < -0.39 is 0 Å². The van der Waals surface area contributed by atoms with Crippen molar-refractivity contribution in [3.63, 3.8) is 0 Å². The number of hydrogen-bond donors (Lipinski definition) is 1. The van der Waals surface area contributed by atoms with Gasteiger partial charge in [0.2, 0.25) is 11.0 Å². The number of aromatic nitrogens is 2. The maximum atomic E-state index is 12.4. The molecule has 0 aliphatic rings. The Morgan fingerprint density at radius 1 is 1.15 bits per heavy atom. The quantitative estimate of drug-likeness (QED) is 0.352. The van der Waals surface area contributed by atoms with Gasteiger partial charge in [0, 0.05) is 61.2 Å². The summed E-state index contributed by atoms with van der Waals surface area (Å²) < 4.78 is 15.0. The van der Waals surface area contributed by atoms with E-state index in [0.29, 0.717) is 55.5 Å². The van der Waals surface area contributed by atoms with Crippen LogP contribution in [0.3, 0.4) is 0 Å². The van der Waals surface area contributed by atoms with Gasteiger partial charge in [0.25, 0.3) is 0 Å². The number of amides is 1. The normalized spacial score (nSPS) is 10.8. The first-order valence-corrected chi connectivity index (χ1v) is 12.4. The third-order valence-corrected chi connectivity index (χ3v) is 6.53. The highest BCUT2D eigenvalue weighted by Gasteiger charge is 2.15. The van der Waals surface area contributed by atoms with Crippen LogP contribution in [0.2, 0.25) is 10.0 Å². The van der Waals surface area contributed by atoms with Crippen molar-refractivity contribution >= 4 is 45.8 Å². The highest BCUT2D eigenvalue weighted by molar-refractivity contribution is 7.09. The number of halogens is 2. The molecular formula is C24H28Cl2N4O3S. The van der Waals surface area contributed by atoms with Crippen LogP contribution in [0.15, 0.2) is 42.5 Å². The summed E-state index contributed by atoms with van der Waals surface area (Å²) in [5, 5.41) is 4.93. The molecule has 0 radical (unpaired) electrons. The van der Waals surface area contributed by atoms with Crippen LogP contribution in [0.4, 0.5) is 5.13 Å². The minimum Gasteiger partial charge on any atom is -0.497 e. The van der Waals surface area contributed by atoms with E-state index in [1.807, 2.05) is 35.2 Å². The van der Waals surface area contributed by atoms with Crippen LogP contribution in [0.25, 0.3) is 0 Å². The number of ether oxygens (including phenoxy) is 2. The number of nitrogens with one attached hydrogen (secondary N) is 1. The summed E-state index contributed by atoms with van der Waals surface area (Å²) in [4.78, 5) is 19.1. The standard InChI is InChI=1S/C24H28Cl2N4O3S/c1-32-13-12-30(11-9-23(31)27-10-8-18-6-7-19(25)16-21(18)26)24-28-22(29-34-24)15-17-4-3-5-20(14-17)33-2/h3-7,14,16H,8-13,15H2,1-2H3,(H,27,31). The fraction of sp³-hybridized carbons (Fsp3) is 0.375. The Morgan fingerprint density at radius 3 is 2.76 bits per heavy atom. The number of anilines is 1. The maximum Gasteiger partial charge on any atom is 0.221 e. The zero-order valence-electron chi connectivity index (χ0n) is 19.2. The summed E-state index contributed by atoms with van der Waals surface area (Å²) in [5.41, 5.74) is 2.03. The lowest BCUT2D eigenvalue weighted by molar-refractivity contribution is -0.120. The SMILES string of the molecule is COCCN(CCC(=O)NCCc1ccc(Cl)cc1Cl)c1nc(Cc2cccc(OC)c2)ns1. The first-order chi connectivity index (χ1) is 16.5. The van der Waals surface area contributed by atoms with Crippen molar-refractivity contribution in [1.29, 1.82) is 0 Å². The van der Waals surface area contributed by atoms with Crippen LogP contribution in [0, 0.1) is 0 Å². The molecule has 3 rings (SSSR count). The molecule has 0 spiro atoms. The molecule has 34 heavy (non-hydrogen) atoms. The predicted molar refractivity (Wildman–Crippen MR) is 138 cm³/mol. The third-order valence-electron chi connectivity index (χ3n) is 5.13. The number of carbonyl (C=O) groups is 1. The van der Waals surface area contributed by atoms with E-state index in [4.69, 9.17) is 37.7 Å². The molecule has 0 unspecified atom stereocenters. The number of hydrogen-bond acceptors (Lipinski definition) is 7. The molecule has 7 nitrogen and oxygen atoms in total. The van der Waals surface area contributed by atoms with Crippen molar-refractivity contribution in [2.24, 2.45) is 0 Å². The van der Waals surface area contributed by atoms with E-state index in [1.165, 1.54) is 11.5 Å². The number of carbonyl (C=O) groups excluding carboxylic acids is 1. The van der Waals surface area contributed by atoms with Crippen molar-refractivity contribution < 1.29 is 14.3 Å². The highest BCUT2D eigenvalue weighted by atomic mass is 35.5. The minimum atomic E-state index is -0.0337. The lowest BCUT2D eigenvalue weighted by Crippen LogP contribution is -2.33. The fourth-order valence-corrected chi connectivity index (χ4v) is 4.54. The second-order valence-corrected chi connectivity index (χ2v) is 9.16. The molecule has 10 heteroatoms. The Kier molecular flexibility index (Phi) is 10.4. The van der Waals surface area contributed by atoms with Gasteiger partial charge in [0.05, 0.1) is 13.7 Å². The number of nitrogens with zero attached hydrogens (tertiary/aromatic N) is 3. The number of rotatable bonds is 13. The van der Waals surface area contributed by atoms with Gasteiger partial charge in [-0.05, 0) is 41.8 Å². The molecule has 1 N–H and O–H groups in total. The topological polar surface area (TPSA) is 76.6 Å². The molecule has 0 fully saturated rings. The second kappa shape index (κ2) is 13.5. The number of methoxy groups -OCH3 is 2. The van der Waals surface area contributed by atoms with Gasteiger partial charge < -0.3 is 19.7 Å². The van der Waals surface area contributed by atoms with Crippen LogP contribution >= 0.6 is 34.7 Å². The average molecular weight is 523 g/mol. The third kappa shape index (κ3) is 8.13. The van der Waals surface area contributed by atoms with Crippen LogP contribution in [-0.2, 0) is 22.4 Å². The van der Waals surface area contributed by atoms with E-state index in [0.717, 1.165) is 27.8 Å². The summed E-state index contributed by atoms with van der Waals surface area (Å²) in [6, 6.07) is 13.2. The van der Waals surface area contributed by atoms with Gasteiger partial charge in [-0.2, -0.15) is 4.37 Å². The minimum absolute atomic E-state index is 0.0337. The van der Waals surface area contributed by atoms with Crippen LogP contribution in [-0.4, -0.2) is 55.7 Å². The van der Waals surface area contributed by atoms with Crippen molar-refractivity contribution in [3.8, 4) is 5.75 Å². The largest absolute Gasteiger partial charge is 0.497 e. The van der Waals surface area contributed by atoms with E-state index in [2.05, 4.69) is 9.69 Å². The zero-order valence-corrected chi connectivity index (χ0v) is 21.6. The van der Waals surface area contributed by atoms with E-state index in [-0.39, 0.29) is 5.91 Å². The lowest BCUT2D eigenvalue weighted by Gasteiger charge is -2.20. The Hall–Kier alpha value is -2.39. The van der Waals surface area contributed by atoms with Gasteiger partial charge in [0.1, 0.15) is 11.6 Å². The zero-order chi connectivity index (χ0) is 24.3. The number of benzene rings is 2. The second-order valence-electron chi connectivity index (χ2n) is 7.59. The summed E-state index contributed by atoms with van der Waals surface area (Å²) in [6.45, 7) is 2.17. The first-order valence-electron chi connectivity index (χ1n) is 10.9. The molecule has 3 aromatic rings. The van der Waals surface area contributed by atoms with Crippen LogP contribution < -0.4 is 15.0 Å². The smallest absolute Gasteiger partial charge is 0.221 e. The van der Waals surface area contributed by atoms with Crippen molar-refractivity contribution in [3.05, 3.63) is 69.5 Å². The molecule has 0 aliphatic heterocycles. The molecule has 2 aromatic carbocycles. The van der Waals surface area contributed by atoms with E-state index in [9.17, 15) is 4.79 Å². The molecule has 1 amide bonds. The Morgan fingerprint density at radius 2 is 2.00 bits per heavy atom. The highest BCUT2D eigenvalue weighted by Crippen LogP contribution is 2.22. The molecule has 0 atom stereocenters. The summed E-state index contributed by atoms with van der Waals surface area (Å²) in [7, 11) is 3.30. The van der Waals surface area contributed by atoms with Gasteiger partial charge in [-0.15, -0.1) is 0 Å². The molecule has 0 aliphatic carbocycles. The Bertz CT molecular complexity index is 1080. The molecule has 0 bridgehead atoms. The van der Waals surface area contributed by atoms with E-state index >= 15 is 0 Å².